The van der Waals surface area contributed by atoms with Gasteiger partial charge in [0.2, 0.25) is 0 Å². The SMILES string of the molecule is C=CCN(CC1(C(C)C)CCNC1)C1CC1. The van der Waals surface area contributed by atoms with E-state index >= 15 is 0 Å². The molecule has 1 heterocycles. The summed E-state index contributed by atoms with van der Waals surface area (Å²) in [6.07, 6.45) is 6.20. The molecule has 16 heavy (non-hydrogen) atoms. The highest BCUT2D eigenvalue weighted by atomic mass is 15.2. The first kappa shape index (κ1) is 12.1. The summed E-state index contributed by atoms with van der Waals surface area (Å²) in [6.45, 7) is 13.4. The lowest BCUT2D eigenvalue weighted by molar-refractivity contribution is 0.121. The summed E-state index contributed by atoms with van der Waals surface area (Å²) in [4.78, 5) is 2.65. The third kappa shape index (κ3) is 2.49. The molecule has 1 aliphatic carbocycles. The van der Waals surface area contributed by atoms with E-state index in [1.165, 1.54) is 38.9 Å². The van der Waals surface area contributed by atoms with Crippen molar-refractivity contribution in [2.24, 2.45) is 11.3 Å². The van der Waals surface area contributed by atoms with Gasteiger partial charge in [-0.05, 0) is 37.1 Å². The molecule has 0 radical (unpaired) electrons. The lowest BCUT2D eigenvalue weighted by atomic mass is 9.76. The molecule has 92 valence electrons. The molecule has 0 spiro atoms. The van der Waals surface area contributed by atoms with E-state index in [-0.39, 0.29) is 0 Å². The Hall–Kier alpha value is -0.340. The Morgan fingerprint density at radius 3 is 2.69 bits per heavy atom. The van der Waals surface area contributed by atoms with Gasteiger partial charge in [0.25, 0.3) is 0 Å². The fourth-order valence-corrected chi connectivity index (χ4v) is 2.93. The molecule has 0 aromatic heterocycles. The van der Waals surface area contributed by atoms with Crippen molar-refractivity contribution in [2.45, 2.75) is 39.2 Å². The molecule has 1 aliphatic heterocycles. The first-order valence-corrected chi connectivity index (χ1v) is 6.73. The van der Waals surface area contributed by atoms with Crippen molar-refractivity contribution in [3.05, 3.63) is 12.7 Å². The molecular formula is C14H26N2. The highest BCUT2D eigenvalue weighted by molar-refractivity contribution is 4.97. The average molecular weight is 222 g/mol. The van der Waals surface area contributed by atoms with Crippen molar-refractivity contribution in [3.63, 3.8) is 0 Å². The van der Waals surface area contributed by atoms with Crippen molar-refractivity contribution in [1.29, 1.82) is 0 Å². The van der Waals surface area contributed by atoms with Gasteiger partial charge in [0, 0.05) is 25.7 Å². The molecule has 1 unspecified atom stereocenters. The molecule has 2 fully saturated rings. The van der Waals surface area contributed by atoms with E-state index in [4.69, 9.17) is 0 Å². The van der Waals surface area contributed by atoms with E-state index in [2.05, 4.69) is 36.7 Å². The first-order valence-electron chi connectivity index (χ1n) is 6.73. The molecule has 1 saturated heterocycles. The van der Waals surface area contributed by atoms with Crippen molar-refractivity contribution < 1.29 is 0 Å². The molecule has 0 bridgehead atoms. The quantitative estimate of drug-likeness (QED) is 0.694. The average Bonchev–Trinajstić information content (AvgIpc) is 2.98. The summed E-state index contributed by atoms with van der Waals surface area (Å²) in [6, 6.07) is 0.856. The number of nitrogens with one attached hydrogen (secondary N) is 1. The Morgan fingerprint density at radius 2 is 2.25 bits per heavy atom. The van der Waals surface area contributed by atoms with Gasteiger partial charge in [0.05, 0.1) is 0 Å². The van der Waals surface area contributed by atoms with Gasteiger partial charge in [-0.15, -0.1) is 6.58 Å². The molecule has 2 heteroatoms. The maximum atomic E-state index is 3.90. The summed E-state index contributed by atoms with van der Waals surface area (Å²) in [5, 5.41) is 3.55. The summed E-state index contributed by atoms with van der Waals surface area (Å²) in [7, 11) is 0. The largest absolute Gasteiger partial charge is 0.316 e. The van der Waals surface area contributed by atoms with E-state index in [1.54, 1.807) is 0 Å². The van der Waals surface area contributed by atoms with Crippen molar-refractivity contribution >= 4 is 0 Å². The minimum absolute atomic E-state index is 0.506. The second-order valence-corrected chi connectivity index (χ2v) is 5.89. The van der Waals surface area contributed by atoms with Crippen LogP contribution in [0.15, 0.2) is 12.7 Å². The van der Waals surface area contributed by atoms with Gasteiger partial charge in [-0.2, -0.15) is 0 Å². The third-order valence-corrected chi connectivity index (χ3v) is 4.45. The van der Waals surface area contributed by atoms with E-state index in [0.717, 1.165) is 18.5 Å². The molecule has 1 atom stereocenters. The minimum atomic E-state index is 0.506. The molecule has 2 nitrogen and oxygen atoms in total. The third-order valence-electron chi connectivity index (χ3n) is 4.45. The number of hydrogen-bond donors (Lipinski definition) is 1. The van der Waals surface area contributed by atoms with Crippen LogP contribution in [-0.4, -0.2) is 37.1 Å². The maximum Gasteiger partial charge on any atom is 0.0163 e. The van der Waals surface area contributed by atoms with Crippen molar-refractivity contribution in [1.82, 2.24) is 10.2 Å². The van der Waals surface area contributed by atoms with Crippen LogP contribution in [-0.2, 0) is 0 Å². The lowest BCUT2D eigenvalue weighted by Gasteiger charge is -2.38. The van der Waals surface area contributed by atoms with Gasteiger partial charge in [0.15, 0.2) is 0 Å². The van der Waals surface area contributed by atoms with Crippen LogP contribution in [0.5, 0.6) is 0 Å². The van der Waals surface area contributed by atoms with E-state index in [9.17, 15) is 0 Å². The number of hydrogen-bond acceptors (Lipinski definition) is 2. The maximum absolute atomic E-state index is 3.90. The zero-order valence-corrected chi connectivity index (χ0v) is 10.8. The van der Waals surface area contributed by atoms with Gasteiger partial charge >= 0.3 is 0 Å². The van der Waals surface area contributed by atoms with Gasteiger partial charge in [-0.1, -0.05) is 19.9 Å². The first-order chi connectivity index (χ1) is 7.68. The summed E-state index contributed by atoms with van der Waals surface area (Å²) in [5.74, 6) is 0.772. The van der Waals surface area contributed by atoms with E-state index in [1.807, 2.05) is 0 Å². The van der Waals surface area contributed by atoms with Crippen LogP contribution in [0.25, 0.3) is 0 Å². The molecule has 1 N–H and O–H groups in total. The van der Waals surface area contributed by atoms with Crippen molar-refractivity contribution in [2.75, 3.05) is 26.2 Å². The van der Waals surface area contributed by atoms with Crippen LogP contribution >= 0.6 is 0 Å². The van der Waals surface area contributed by atoms with Gasteiger partial charge < -0.3 is 5.32 Å². The van der Waals surface area contributed by atoms with Gasteiger partial charge in [-0.3, -0.25) is 4.90 Å². The number of nitrogens with zero attached hydrogens (tertiary/aromatic N) is 1. The molecule has 1 saturated carbocycles. The van der Waals surface area contributed by atoms with Gasteiger partial charge in [-0.25, -0.2) is 0 Å². The highest BCUT2D eigenvalue weighted by Crippen LogP contribution is 2.38. The fraction of sp³-hybridized carbons (Fsp3) is 0.857. The summed E-state index contributed by atoms with van der Waals surface area (Å²) in [5.41, 5.74) is 0.506. The Morgan fingerprint density at radius 1 is 1.50 bits per heavy atom. The molecule has 2 rings (SSSR count). The Labute approximate surface area is 100 Å². The predicted octanol–water partition coefficient (Wildman–Crippen LogP) is 2.27. The van der Waals surface area contributed by atoms with Crippen LogP contribution in [0.1, 0.15) is 33.1 Å². The molecule has 0 aromatic rings. The zero-order chi connectivity index (χ0) is 11.6. The van der Waals surface area contributed by atoms with Crippen LogP contribution in [0.2, 0.25) is 0 Å². The Kier molecular flexibility index (Phi) is 3.70. The second kappa shape index (κ2) is 4.89. The smallest absolute Gasteiger partial charge is 0.0163 e. The monoisotopic (exact) mass is 222 g/mol. The summed E-state index contributed by atoms with van der Waals surface area (Å²) < 4.78 is 0. The fourth-order valence-electron chi connectivity index (χ4n) is 2.93. The number of rotatable bonds is 6. The second-order valence-electron chi connectivity index (χ2n) is 5.89. The standard InChI is InChI=1S/C14H26N2/c1-4-9-16(13-5-6-13)11-14(12(2)3)7-8-15-10-14/h4,12-13,15H,1,5-11H2,2-3H3. The van der Waals surface area contributed by atoms with Crippen LogP contribution in [0, 0.1) is 11.3 Å². The highest BCUT2D eigenvalue weighted by Gasteiger charge is 2.41. The molecule has 0 amide bonds. The summed E-state index contributed by atoms with van der Waals surface area (Å²) >= 11 is 0. The van der Waals surface area contributed by atoms with Crippen LogP contribution in [0.4, 0.5) is 0 Å². The molecular weight excluding hydrogens is 196 g/mol. The van der Waals surface area contributed by atoms with Gasteiger partial charge in [0.1, 0.15) is 0 Å². The Balaban J connectivity index is 2.00. The van der Waals surface area contributed by atoms with Crippen LogP contribution < -0.4 is 5.32 Å². The normalized spacial score (nSPS) is 30.2. The topological polar surface area (TPSA) is 15.3 Å². The zero-order valence-electron chi connectivity index (χ0n) is 10.8. The molecule has 2 aliphatic rings. The minimum Gasteiger partial charge on any atom is -0.316 e. The van der Waals surface area contributed by atoms with E-state index in [0.29, 0.717) is 5.41 Å². The molecule has 0 aromatic carbocycles. The lowest BCUT2D eigenvalue weighted by Crippen LogP contribution is -2.43. The van der Waals surface area contributed by atoms with Crippen molar-refractivity contribution in [3.8, 4) is 0 Å². The van der Waals surface area contributed by atoms with E-state index < -0.39 is 0 Å². The predicted molar refractivity (Wildman–Crippen MR) is 69.5 cm³/mol. The Bertz CT molecular complexity index is 237. The van der Waals surface area contributed by atoms with Crippen LogP contribution in [0.3, 0.4) is 0 Å².